The lowest BCUT2D eigenvalue weighted by Crippen LogP contribution is -2.25. The molecule has 16 heavy (non-hydrogen) atoms. The number of hydrogen-bond acceptors (Lipinski definition) is 1. The standard InChI is InChI=1S/C13H20N2O/c1-7-8(2)10(4)12(11(5)9(7)3)15-13(16)14-6/h1-6H3,(H2,14,15,16). The molecule has 2 amide bonds. The monoisotopic (exact) mass is 220 g/mol. The molecule has 0 atom stereocenters. The maximum absolute atomic E-state index is 11.4. The number of nitrogens with one attached hydrogen (secondary N) is 2. The molecule has 0 aromatic heterocycles. The van der Waals surface area contributed by atoms with Gasteiger partial charge in [-0.3, -0.25) is 0 Å². The molecular weight excluding hydrogens is 200 g/mol. The van der Waals surface area contributed by atoms with Crippen LogP contribution in [-0.2, 0) is 0 Å². The fraction of sp³-hybridized carbons (Fsp3) is 0.462. The van der Waals surface area contributed by atoms with Crippen molar-refractivity contribution in [3.05, 3.63) is 27.8 Å². The zero-order valence-electron chi connectivity index (χ0n) is 10.9. The van der Waals surface area contributed by atoms with Crippen LogP contribution in [0.1, 0.15) is 27.8 Å². The average Bonchev–Trinajstić information content (AvgIpc) is 2.29. The van der Waals surface area contributed by atoms with Crippen LogP contribution in [0.25, 0.3) is 0 Å². The molecule has 0 saturated heterocycles. The molecule has 88 valence electrons. The van der Waals surface area contributed by atoms with Crippen LogP contribution in [-0.4, -0.2) is 13.1 Å². The van der Waals surface area contributed by atoms with Crippen molar-refractivity contribution in [1.29, 1.82) is 0 Å². The summed E-state index contributed by atoms with van der Waals surface area (Å²) in [5.74, 6) is 0. The molecule has 1 aromatic rings. The van der Waals surface area contributed by atoms with E-state index in [9.17, 15) is 4.79 Å². The number of urea groups is 1. The molecule has 0 unspecified atom stereocenters. The zero-order chi connectivity index (χ0) is 12.5. The highest BCUT2D eigenvalue weighted by molar-refractivity contribution is 5.91. The van der Waals surface area contributed by atoms with Crippen LogP contribution in [0.3, 0.4) is 0 Å². The van der Waals surface area contributed by atoms with Crippen LogP contribution in [0.15, 0.2) is 0 Å². The lowest BCUT2D eigenvalue weighted by molar-refractivity contribution is 0.254. The van der Waals surface area contributed by atoms with Gasteiger partial charge in [-0.25, -0.2) is 4.79 Å². The van der Waals surface area contributed by atoms with E-state index in [1.807, 2.05) is 13.8 Å². The first-order chi connectivity index (χ1) is 7.40. The molecule has 1 aromatic carbocycles. The number of anilines is 1. The number of rotatable bonds is 1. The van der Waals surface area contributed by atoms with Crippen molar-refractivity contribution in [3.63, 3.8) is 0 Å². The molecule has 0 aliphatic carbocycles. The Bertz CT molecular complexity index is 407. The minimum Gasteiger partial charge on any atom is -0.341 e. The Labute approximate surface area is 97.2 Å². The summed E-state index contributed by atoms with van der Waals surface area (Å²) in [6.07, 6.45) is 0. The molecule has 0 aliphatic rings. The quantitative estimate of drug-likeness (QED) is 0.750. The van der Waals surface area contributed by atoms with Gasteiger partial charge in [-0.1, -0.05) is 0 Å². The highest BCUT2D eigenvalue weighted by atomic mass is 16.2. The van der Waals surface area contributed by atoms with E-state index in [4.69, 9.17) is 0 Å². The van der Waals surface area contributed by atoms with Crippen LogP contribution in [0.4, 0.5) is 10.5 Å². The molecule has 3 nitrogen and oxygen atoms in total. The van der Waals surface area contributed by atoms with Crippen molar-refractivity contribution in [1.82, 2.24) is 5.32 Å². The number of carbonyl (C=O) groups excluding carboxylic acids is 1. The summed E-state index contributed by atoms with van der Waals surface area (Å²) in [5.41, 5.74) is 7.01. The second kappa shape index (κ2) is 4.56. The fourth-order valence-corrected chi connectivity index (χ4v) is 1.86. The predicted molar refractivity (Wildman–Crippen MR) is 68.2 cm³/mol. The molecule has 2 N–H and O–H groups in total. The minimum atomic E-state index is -0.172. The molecule has 0 fully saturated rings. The van der Waals surface area contributed by atoms with E-state index in [0.29, 0.717) is 0 Å². The number of hydrogen-bond donors (Lipinski definition) is 2. The third-order valence-corrected chi connectivity index (χ3v) is 3.47. The van der Waals surface area contributed by atoms with Crippen molar-refractivity contribution in [2.24, 2.45) is 0 Å². The van der Waals surface area contributed by atoms with Crippen molar-refractivity contribution >= 4 is 11.7 Å². The number of amides is 2. The number of benzene rings is 1. The SMILES string of the molecule is CNC(=O)Nc1c(C)c(C)c(C)c(C)c1C. The topological polar surface area (TPSA) is 41.1 Å². The van der Waals surface area contributed by atoms with Gasteiger partial charge in [0, 0.05) is 12.7 Å². The third kappa shape index (κ3) is 2.03. The smallest absolute Gasteiger partial charge is 0.318 e. The summed E-state index contributed by atoms with van der Waals surface area (Å²) in [4.78, 5) is 11.4. The first-order valence-electron chi connectivity index (χ1n) is 5.45. The second-order valence-electron chi connectivity index (χ2n) is 4.20. The van der Waals surface area contributed by atoms with E-state index >= 15 is 0 Å². The Hall–Kier alpha value is -1.51. The summed E-state index contributed by atoms with van der Waals surface area (Å²) in [6, 6.07) is -0.172. The Morgan fingerprint density at radius 2 is 1.19 bits per heavy atom. The minimum absolute atomic E-state index is 0.172. The lowest BCUT2D eigenvalue weighted by Gasteiger charge is -2.18. The second-order valence-corrected chi connectivity index (χ2v) is 4.20. The highest BCUT2D eigenvalue weighted by Gasteiger charge is 2.13. The van der Waals surface area contributed by atoms with Crippen LogP contribution >= 0.6 is 0 Å². The van der Waals surface area contributed by atoms with Gasteiger partial charge >= 0.3 is 6.03 Å². The highest BCUT2D eigenvalue weighted by Crippen LogP contribution is 2.29. The maximum atomic E-state index is 11.4. The number of carbonyl (C=O) groups is 1. The van der Waals surface area contributed by atoms with Crippen molar-refractivity contribution in [2.75, 3.05) is 12.4 Å². The molecule has 3 heteroatoms. The summed E-state index contributed by atoms with van der Waals surface area (Å²) in [6.45, 7) is 10.4. The molecule has 0 heterocycles. The van der Waals surface area contributed by atoms with E-state index in [1.165, 1.54) is 16.7 Å². The fourth-order valence-electron chi connectivity index (χ4n) is 1.86. The molecule has 0 spiro atoms. The Morgan fingerprint density at radius 3 is 1.56 bits per heavy atom. The Morgan fingerprint density at radius 1 is 0.812 bits per heavy atom. The van der Waals surface area contributed by atoms with Crippen LogP contribution in [0.2, 0.25) is 0 Å². The van der Waals surface area contributed by atoms with Crippen LogP contribution in [0, 0.1) is 34.6 Å². The van der Waals surface area contributed by atoms with Crippen LogP contribution < -0.4 is 10.6 Å². The molecule has 0 aliphatic heterocycles. The molecular formula is C13H20N2O. The first kappa shape index (κ1) is 12.6. The molecule has 0 bridgehead atoms. The summed E-state index contributed by atoms with van der Waals surface area (Å²) < 4.78 is 0. The van der Waals surface area contributed by atoms with Gasteiger partial charge in [-0.15, -0.1) is 0 Å². The van der Waals surface area contributed by atoms with E-state index < -0.39 is 0 Å². The van der Waals surface area contributed by atoms with Gasteiger partial charge in [0.2, 0.25) is 0 Å². The first-order valence-corrected chi connectivity index (χ1v) is 5.45. The summed E-state index contributed by atoms with van der Waals surface area (Å²) in [7, 11) is 1.62. The normalized spacial score (nSPS) is 10.1. The zero-order valence-corrected chi connectivity index (χ0v) is 10.9. The van der Waals surface area contributed by atoms with E-state index in [0.717, 1.165) is 16.8 Å². The van der Waals surface area contributed by atoms with E-state index in [1.54, 1.807) is 7.05 Å². The van der Waals surface area contributed by atoms with E-state index in [-0.39, 0.29) is 6.03 Å². The van der Waals surface area contributed by atoms with Gasteiger partial charge in [0.05, 0.1) is 0 Å². The molecule has 0 radical (unpaired) electrons. The predicted octanol–water partition coefficient (Wildman–Crippen LogP) is 2.98. The van der Waals surface area contributed by atoms with Crippen LogP contribution in [0.5, 0.6) is 0 Å². The van der Waals surface area contributed by atoms with Crippen molar-refractivity contribution in [2.45, 2.75) is 34.6 Å². The van der Waals surface area contributed by atoms with E-state index in [2.05, 4.69) is 31.4 Å². The van der Waals surface area contributed by atoms with Gasteiger partial charge in [0.15, 0.2) is 0 Å². The summed E-state index contributed by atoms with van der Waals surface area (Å²) in [5, 5.41) is 5.46. The summed E-state index contributed by atoms with van der Waals surface area (Å²) >= 11 is 0. The molecule has 1 rings (SSSR count). The van der Waals surface area contributed by atoms with Gasteiger partial charge in [0.25, 0.3) is 0 Å². The van der Waals surface area contributed by atoms with Gasteiger partial charge in [-0.05, 0) is 62.4 Å². The molecule has 0 saturated carbocycles. The third-order valence-electron chi connectivity index (χ3n) is 3.47. The average molecular weight is 220 g/mol. The van der Waals surface area contributed by atoms with Crippen molar-refractivity contribution < 1.29 is 4.79 Å². The lowest BCUT2D eigenvalue weighted by atomic mass is 9.93. The largest absolute Gasteiger partial charge is 0.341 e. The Kier molecular flexibility index (Phi) is 3.58. The van der Waals surface area contributed by atoms with Gasteiger partial charge in [-0.2, -0.15) is 0 Å². The van der Waals surface area contributed by atoms with Gasteiger partial charge in [0.1, 0.15) is 0 Å². The Balaban J connectivity index is 3.34. The van der Waals surface area contributed by atoms with Crippen molar-refractivity contribution in [3.8, 4) is 0 Å². The van der Waals surface area contributed by atoms with Gasteiger partial charge < -0.3 is 10.6 Å². The maximum Gasteiger partial charge on any atom is 0.318 e.